The zero-order chi connectivity index (χ0) is 41.1. The molecule has 4 aromatic carbocycles. The van der Waals surface area contributed by atoms with Crippen LogP contribution in [-0.2, 0) is 5.41 Å². The Morgan fingerprint density at radius 3 is 1.83 bits per heavy atom. The normalized spacial score (nSPS) is 12.4. The van der Waals surface area contributed by atoms with Gasteiger partial charge in [0, 0.05) is 22.1 Å². The highest BCUT2D eigenvalue weighted by Gasteiger charge is 2.42. The summed E-state index contributed by atoms with van der Waals surface area (Å²) in [7, 11) is 0. The number of hydrogen-bond acceptors (Lipinski definition) is 4. The first-order valence-electron chi connectivity index (χ1n) is 23.0. The van der Waals surface area contributed by atoms with Gasteiger partial charge in [-0.15, -0.1) is 16.6 Å². The number of nitrogens with zero attached hydrogens (tertiary/aromatic N) is 2. The first-order chi connectivity index (χ1) is 29.1. The zero-order valence-corrected chi connectivity index (χ0v) is 36.2. The Labute approximate surface area is 356 Å². The molecule has 0 aliphatic heterocycles. The number of ether oxygens (including phenoxy) is 1. The fraction of sp³-hybridized carbons (Fsp3) is 0.455. The van der Waals surface area contributed by atoms with Gasteiger partial charge in [-0.25, -0.2) is 0 Å². The monoisotopic (exact) mass is 787 g/mol. The molecule has 0 N–H and O–H groups in total. The van der Waals surface area contributed by atoms with Crippen molar-refractivity contribution < 1.29 is 9.15 Å². The molecular formula is C55H66N2O2. The van der Waals surface area contributed by atoms with Crippen LogP contribution in [0.5, 0.6) is 5.75 Å². The lowest BCUT2D eigenvalue weighted by Gasteiger charge is -2.33. The molecule has 0 spiro atoms. The Hall–Kier alpha value is -5.06. The minimum Gasteiger partial charge on any atom is -0.494 e. The number of unbranched alkanes of at least 4 members (excludes halogenated alkanes) is 15. The number of benzene rings is 4. The predicted octanol–water partition coefficient (Wildman–Crippen LogP) is 15.3. The summed E-state index contributed by atoms with van der Waals surface area (Å²) in [5.74, 6) is 11.5. The van der Waals surface area contributed by atoms with Crippen molar-refractivity contribution in [3.8, 4) is 64.0 Å². The molecule has 59 heavy (non-hydrogen) atoms. The van der Waals surface area contributed by atoms with Crippen LogP contribution < -0.4 is 4.74 Å². The summed E-state index contributed by atoms with van der Waals surface area (Å²) in [6.45, 7) is 7.56. The molecule has 1 aliphatic carbocycles. The van der Waals surface area contributed by atoms with Crippen molar-refractivity contribution in [1.29, 1.82) is 0 Å². The summed E-state index contributed by atoms with van der Waals surface area (Å²) in [6, 6.07) is 29.8. The summed E-state index contributed by atoms with van der Waals surface area (Å²) in [4.78, 5) is 0. The smallest absolute Gasteiger partial charge is 0.249 e. The molecule has 0 amide bonds. The largest absolute Gasteiger partial charge is 0.494 e. The van der Waals surface area contributed by atoms with E-state index in [1.807, 2.05) is 42.5 Å². The Bertz CT molecular complexity index is 2140. The molecule has 4 heteroatoms. The standard InChI is InChI=1S/C55H66N2O2/c1-5-9-12-15-18-23-39-55(40-24-19-16-13-10-6-2)51-30-22-21-28-48(51)49-38-32-43(42-52(49)55)31-33-44-27-26-29-50(47(44)8-4)54-57-56-53(59-54)45-34-36-46(37-35-45)58-41-25-20-17-14-11-7-3/h4,21-22,26-30,32,34-38,42H,5-7,9-20,23-25,39-41H2,1-3H3. The molecule has 308 valence electrons. The van der Waals surface area contributed by atoms with E-state index in [-0.39, 0.29) is 5.41 Å². The Morgan fingerprint density at radius 2 is 1.15 bits per heavy atom. The van der Waals surface area contributed by atoms with Gasteiger partial charge in [0.05, 0.1) is 17.7 Å². The molecular weight excluding hydrogens is 721 g/mol. The van der Waals surface area contributed by atoms with Gasteiger partial charge in [0.25, 0.3) is 0 Å². The Balaban J connectivity index is 1.21. The van der Waals surface area contributed by atoms with Crippen LogP contribution in [-0.4, -0.2) is 16.8 Å². The number of hydrogen-bond donors (Lipinski definition) is 0. The number of rotatable bonds is 24. The Kier molecular flexibility index (Phi) is 16.9. The van der Waals surface area contributed by atoms with Crippen LogP contribution in [0, 0.1) is 24.2 Å². The Morgan fingerprint density at radius 1 is 0.559 bits per heavy atom. The highest BCUT2D eigenvalue weighted by atomic mass is 16.5. The molecule has 4 nitrogen and oxygen atoms in total. The average Bonchev–Trinajstić information content (AvgIpc) is 3.87. The fourth-order valence-corrected chi connectivity index (χ4v) is 8.96. The molecule has 0 bridgehead atoms. The first kappa shape index (κ1) is 43.5. The predicted molar refractivity (Wildman–Crippen MR) is 247 cm³/mol. The zero-order valence-electron chi connectivity index (χ0n) is 36.2. The van der Waals surface area contributed by atoms with E-state index in [0.29, 0.717) is 22.9 Å². The lowest BCUT2D eigenvalue weighted by Crippen LogP contribution is -2.25. The van der Waals surface area contributed by atoms with Crippen LogP contribution >= 0.6 is 0 Å². The number of fused-ring (bicyclic) bond motifs is 3. The third-order valence-corrected chi connectivity index (χ3v) is 12.3. The number of aromatic nitrogens is 2. The van der Waals surface area contributed by atoms with Crippen LogP contribution in [0.1, 0.15) is 177 Å². The van der Waals surface area contributed by atoms with Gasteiger partial charge >= 0.3 is 0 Å². The third-order valence-electron chi connectivity index (χ3n) is 12.3. The van der Waals surface area contributed by atoms with Crippen molar-refractivity contribution >= 4 is 0 Å². The van der Waals surface area contributed by atoms with Gasteiger partial charge in [-0.1, -0.05) is 184 Å². The summed E-state index contributed by atoms with van der Waals surface area (Å²) in [5.41, 5.74) is 9.72. The van der Waals surface area contributed by atoms with Crippen LogP contribution in [0.2, 0.25) is 0 Å². The quantitative estimate of drug-likeness (QED) is 0.0462. The molecule has 0 fully saturated rings. The second-order valence-electron chi connectivity index (χ2n) is 16.6. The topological polar surface area (TPSA) is 48.2 Å². The minimum atomic E-state index is 0.0135. The molecule has 1 aromatic heterocycles. The lowest BCUT2D eigenvalue weighted by atomic mass is 9.70. The van der Waals surface area contributed by atoms with Crippen molar-refractivity contribution in [3.63, 3.8) is 0 Å². The van der Waals surface area contributed by atoms with E-state index in [4.69, 9.17) is 15.6 Å². The maximum Gasteiger partial charge on any atom is 0.249 e. The van der Waals surface area contributed by atoms with Gasteiger partial charge in [-0.2, -0.15) is 0 Å². The van der Waals surface area contributed by atoms with E-state index in [2.05, 4.69) is 91.2 Å². The summed E-state index contributed by atoms with van der Waals surface area (Å²) in [6.07, 6.45) is 31.6. The first-order valence-corrected chi connectivity index (χ1v) is 23.0. The molecule has 0 unspecified atom stereocenters. The fourth-order valence-electron chi connectivity index (χ4n) is 8.96. The highest BCUT2D eigenvalue weighted by molar-refractivity contribution is 5.82. The van der Waals surface area contributed by atoms with Gasteiger partial charge in [0.15, 0.2) is 0 Å². The second-order valence-corrected chi connectivity index (χ2v) is 16.6. The van der Waals surface area contributed by atoms with Crippen molar-refractivity contribution in [2.24, 2.45) is 0 Å². The molecule has 5 aromatic rings. The average molecular weight is 787 g/mol. The highest BCUT2D eigenvalue weighted by Crippen LogP contribution is 2.54. The van der Waals surface area contributed by atoms with Gasteiger partial charge in [0.1, 0.15) is 5.75 Å². The van der Waals surface area contributed by atoms with Crippen LogP contribution in [0.15, 0.2) is 89.3 Å². The van der Waals surface area contributed by atoms with Crippen LogP contribution in [0.25, 0.3) is 34.0 Å². The minimum absolute atomic E-state index is 0.0135. The molecule has 1 heterocycles. The van der Waals surface area contributed by atoms with E-state index in [1.165, 1.54) is 144 Å². The van der Waals surface area contributed by atoms with Gasteiger partial charge in [0.2, 0.25) is 11.8 Å². The van der Waals surface area contributed by atoms with Crippen molar-refractivity contribution in [3.05, 3.63) is 113 Å². The molecule has 0 saturated carbocycles. The SMILES string of the molecule is C#Cc1c(C#Cc2ccc3c(c2)C(CCCCCCCC)(CCCCCCCC)c2ccccc2-3)cccc1-c1nnc(-c2ccc(OCCCCCCCC)cc2)o1. The maximum absolute atomic E-state index is 6.22. The molecule has 0 atom stereocenters. The number of terminal acetylenes is 1. The van der Waals surface area contributed by atoms with Gasteiger partial charge in [-0.3, -0.25) is 0 Å². The van der Waals surface area contributed by atoms with Gasteiger partial charge < -0.3 is 9.15 Å². The molecule has 6 rings (SSSR count). The van der Waals surface area contributed by atoms with E-state index >= 15 is 0 Å². The lowest BCUT2D eigenvalue weighted by molar-refractivity contribution is 0.304. The molecule has 0 saturated heterocycles. The second kappa shape index (κ2) is 22.9. The van der Waals surface area contributed by atoms with Crippen molar-refractivity contribution in [1.82, 2.24) is 10.2 Å². The van der Waals surface area contributed by atoms with Gasteiger partial charge in [-0.05, 0) is 90.0 Å². The van der Waals surface area contributed by atoms with Crippen LogP contribution in [0.4, 0.5) is 0 Å². The van der Waals surface area contributed by atoms with E-state index in [0.717, 1.165) is 35.5 Å². The van der Waals surface area contributed by atoms with Crippen molar-refractivity contribution in [2.45, 2.75) is 155 Å². The van der Waals surface area contributed by atoms with E-state index in [1.54, 1.807) is 0 Å². The van der Waals surface area contributed by atoms with E-state index < -0.39 is 0 Å². The third kappa shape index (κ3) is 11.4. The molecule has 0 radical (unpaired) electrons. The van der Waals surface area contributed by atoms with Crippen LogP contribution in [0.3, 0.4) is 0 Å². The summed E-state index contributed by atoms with van der Waals surface area (Å²) in [5, 5.41) is 8.80. The molecule has 1 aliphatic rings. The maximum atomic E-state index is 6.22. The van der Waals surface area contributed by atoms with Crippen molar-refractivity contribution in [2.75, 3.05) is 6.61 Å². The summed E-state index contributed by atoms with van der Waals surface area (Å²) < 4.78 is 12.2. The van der Waals surface area contributed by atoms with E-state index in [9.17, 15) is 0 Å². The summed E-state index contributed by atoms with van der Waals surface area (Å²) >= 11 is 0.